The highest BCUT2D eigenvalue weighted by Crippen LogP contribution is 2.11. The van der Waals surface area contributed by atoms with E-state index in [0.29, 0.717) is 17.9 Å². The Balaban J connectivity index is 2.07. The molecule has 2 aromatic rings. The van der Waals surface area contributed by atoms with E-state index < -0.39 is 0 Å². The number of nitrogens with zero attached hydrogens (tertiary/aromatic N) is 3. The van der Waals surface area contributed by atoms with Gasteiger partial charge in [-0.1, -0.05) is 0 Å². The van der Waals surface area contributed by atoms with Gasteiger partial charge in [0.05, 0.1) is 11.8 Å². The van der Waals surface area contributed by atoms with Gasteiger partial charge in [-0.15, -0.1) is 0 Å². The van der Waals surface area contributed by atoms with Gasteiger partial charge in [-0.05, 0) is 19.1 Å². The number of carbonyl (C=O) groups is 1. The molecule has 0 atom stereocenters. The molecule has 0 aliphatic rings. The average Bonchev–Trinajstić information content (AvgIpc) is 2.76. The van der Waals surface area contributed by atoms with Crippen LogP contribution in [0.15, 0.2) is 24.5 Å². The summed E-state index contributed by atoms with van der Waals surface area (Å²) in [5.74, 6) is 0.420. The second kappa shape index (κ2) is 5.51. The van der Waals surface area contributed by atoms with Gasteiger partial charge in [-0.2, -0.15) is 5.10 Å². The number of rotatable bonds is 4. The Hall–Kier alpha value is -2.37. The standard InChI is InChI=1S/C13H17N5O/c1-9-10(8-17-18(9)3)7-16-13(19)11-5-4-6-15-12(11)14-2/h4-6,8H,7H2,1-3H3,(H,14,15)(H,16,19). The van der Waals surface area contributed by atoms with Crippen LogP contribution in [0.2, 0.25) is 0 Å². The fourth-order valence-corrected chi connectivity index (χ4v) is 1.78. The van der Waals surface area contributed by atoms with Gasteiger partial charge < -0.3 is 10.6 Å². The lowest BCUT2D eigenvalue weighted by molar-refractivity contribution is 0.0951. The molecule has 0 saturated heterocycles. The molecule has 6 nitrogen and oxygen atoms in total. The molecule has 0 unspecified atom stereocenters. The van der Waals surface area contributed by atoms with Gasteiger partial charge in [0.15, 0.2) is 0 Å². The molecule has 2 rings (SSSR count). The van der Waals surface area contributed by atoms with E-state index in [1.54, 1.807) is 36.3 Å². The Labute approximate surface area is 111 Å². The van der Waals surface area contributed by atoms with Gasteiger partial charge in [-0.25, -0.2) is 4.98 Å². The highest BCUT2D eigenvalue weighted by molar-refractivity contribution is 5.98. The maximum absolute atomic E-state index is 12.1. The van der Waals surface area contributed by atoms with Crippen molar-refractivity contribution in [1.29, 1.82) is 0 Å². The third-order valence-electron chi connectivity index (χ3n) is 3.07. The SMILES string of the molecule is CNc1ncccc1C(=O)NCc1cnn(C)c1C. The molecule has 0 aromatic carbocycles. The van der Waals surface area contributed by atoms with Crippen LogP contribution in [0.4, 0.5) is 5.82 Å². The van der Waals surface area contributed by atoms with Crippen molar-refractivity contribution in [2.75, 3.05) is 12.4 Å². The van der Waals surface area contributed by atoms with Gasteiger partial charge in [0.1, 0.15) is 5.82 Å². The molecule has 2 aromatic heterocycles. The number of aromatic nitrogens is 3. The van der Waals surface area contributed by atoms with E-state index in [2.05, 4.69) is 20.7 Å². The predicted octanol–water partition coefficient (Wildman–Crippen LogP) is 1.10. The van der Waals surface area contributed by atoms with E-state index in [0.717, 1.165) is 11.3 Å². The molecule has 2 N–H and O–H groups in total. The summed E-state index contributed by atoms with van der Waals surface area (Å²) in [7, 11) is 3.62. The molecule has 0 radical (unpaired) electrons. The van der Waals surface area contributed by atoms with Gasteiger partial charge >= 0.3 is 0 Å². The number of anilines is 1. The smallest absolute Gasteiger partial charge is 0.255 e. The minimum atomic E-state index is -0.152. The minimum absolute atomic E-state index is 0.152. The third-order valence-corrected chi connectivity index (χ3v) is 3.07. The van der Waals surface area contributed by atoms with E-state index in [9.17, 15) is 4.79 Å². The Bertz CT molecular complexity index is 590. The molecule has 0 aliphatic carbocycles. The van der Waals surface area contributed by atoms with Crippen LogP contribution in [0.25, 0.3) is 0 Å². The number of amides is 1. The molecule has 19 heavy (non-hydrogen) atoms. The van der Waals surface area contributed by atoms with Crippen LogP contribution in [0.3, 0.4) is 0 Å². The molecule has 1 amide bonds. The van der Waals surface area contributed by atoms with E-state index in [1.165, 1.54) is 0 Å². The normalized spacial score (nSPS) is 10.3. The quantitative estimate of drug-likeness (QED) is 0.862. The van der Waals surface area contributed by atoms with Gasteiger partial charge in [0, 0.05) is 38.1 Å². The summed E-state index contributed by atoms with van der Waals surface area (Å²) in [6.07, 6.45) is 3.41. The minimum Gasteiger partial charge on any atom is -0.372 e. The molecule has 0 spiro atoms. The molecular formula is C13H17N5O. The first-order chi connectivity index (χ1) is 9.13. The van der Waals surface area contributed by atoms with E-state index in [1.807, 2.05) is 14.0 Å². The van der Waals surface area contributed by atoms with Crippen LogP contribution < -0.4 is 10.6 Å². The van der Waals surface area contributed by atoms with Crippen LogP contribution in [-0.2, 0) is 13.6 Å². The number of carbonyl (C=O) groups excluding carboxylic acids is 1. The topological polar surface area (TPSA) is 71.8 Å². The maximum Gasteiger partial charge on any atom is 0.255 e. The lowest BCUT2D eigenvalue weighted by atomic mass is 10.2. The van der Waals surface area contributed by atoms with Crippen LogP contribution >= 0.6 is 0 Å². The van der Waals surface area contributed by atoms with Crippen molar-refractivity contribution >= 4 is 11.7 Å². The largest absolute Gasteiger partial charge is 0.372 e. The molecule has 0 aliphatic heterocycles. The monoisotopic (exact) mass is 259 g/mol. The van der Waals surface area contributed by atoms with E-state index in [-0.39, 0.29) is 5.91 Å². The Morgan fingerprint density at radius 1 is 1.47 bits per heavy atom. The Morgan fingerprint density at radius 3 is 2.89 bits per heavy atom. The maximum atomic E-state index is 12.1. The van der Waals surface area contributed by atoms with Crippen LogP contribution in [0, 0.1) is 6.92 Å². The van der Waals surface area contributed by atoms with E-state index in [4.69, 9.17) is 0 Å². The number of hydrogen-bond acceptors (Lipinski definition) is 4. The summed E-state index contributed by atoms with van der Waals surface area (Å²) in [6, 6.07) is 3.48. The Morgan fingerprint density at radius 2 is 2.26 bits per heavy atom. The lowest BCUT2D eigenvalue weighted by Gasteiger charge is -2.08. The fourth-order valence-electron chi connectivity index (χ4n) is 1.78. The van der Waals surface area contributed by atoms with Crippen LogP contribution in [0.5, 0.6) is 0 Å². The second-order valence-electron chi connectivity index (χ2n) is 4.21. The third kappa shape index (κ3) is 2.73. The number of pyridine rings is 1. The van der Waals surface area contributed by atoms with Gasteiger partial charge in [-0.3, -0.25) is 9.48 Å². The molecule has 0 bridgehead atoms. The number of hydrogen-bond donors (Lipinski definition) is 2. The molecule has 100 valence electrons. The van der Waals surface area contributed by atoms with Crippen LogP contribution in [0.1, 0.15) is 21.6 Å². The Kier molecular flexibility index (Phi) is 3.79. The zero-order chi connectivity index (χ0) is 13.8. The fraction of sp³-hybridized carbons (Fsp3) is 0.308. The first kappa shape index (κ1) is 13.1. The van der Waals surface area contributed by atoms with E-state index >= 15 is 0 Å². The van der Waals surface area contributed by atoms with Crippen molar-refractivity contribution in [3.05, 3.63) is 41.3 Å². The zero-order valence-corrected chi connectivity index (χ0v) is 11.3. The van der Waals surface area contributed by atoms with Gasteiger partial charge in [0.25, 0.3) is 5.91 Å². The van der Waals surface area contributed by atoms with Crippen molar-refractivity contribution in [3.8, 4) is 0 Å². The predicted molar refractivity (Wildman–Crippen MR) is 72.9 cm³/mol. The first-order valence-electron chi connectivity index (χ1n) is 6.02. The summed E-state index contributed by atoms with van der Waals surface area (Å²) < 4.78 is 1.78. The highest BCUT2D eigenvalue weighted by atomic mass is 16.1. The molecular weight excluding hydrogens is 242 g/mol. The van der Waals surface area contributed by atoms with Crippen molar-refractivity contribution in [2.24, 2.45) is 7.05 Å². The highest BCUT2D eigenvalue weighted by Gasteiger charge is 2.12. The average molecular weight is 259 g/mol. The molecule has 0 saturated carbocycles. The second-order valence-corrected chi connectivity index (χ2v) is 4.21. The zero-order valence-electron chi connectivity index (χ0n) is 11.3. The van der Waals surface area contributed by atoms with Crippen molar-refractivity contribution in [1.82, 2.24) is 20.1 Å². The number of nitrogens with one attached hydrogen (secondary N) is 2. The molecule has 0 fully saturated rings. The summed E-state index contributed by atoms with van der Waals surface area (Å²) in [4.78, 5) is 16.2. The summed E-state index contributed by atoms with van der Waals surface area (Å²) in [5, 5.41) is 9.91. The van der Waals surface area contributed by atoms with Crippen LogP contribution in [-0.4, -0.2) is 27.7 Å². The number of aryl methyl sites for hydroxylation is 1. The first-order valence-corrected chi connectivity index (χ1v) is 6.02. The van der Waals surface area contributed by atoms with Crippen molar-refractivity contribution < 1.29 is 4.79 Å². The lowest BCUT2D eigenvalue weighted by Crippen LogP contribution is -2.24. The van der Waals surface area contributed by atoms with Crippen molar-refractivity contribution in [2.45, 2.75) is 13.5 Å². The molecule has 2 heterocycles. The van der Waals surface area contributed by atoms with Crippen molar-refractivity contribution in [3.63, 3.8) is 0 Å². The molecule has 6 heteroatoms. The van der Waals surface area contributed by atoms with Gasteiger partial charge in [0.2, 0.25) is 0 Å². The summed E-state index contributed by atoms with van der Waals surface area (Å²) in [5.41, 5.74) is 2.58. The summed E-state index contributed by atoms with van der Waals surface area (Å²) in [6.45, 7) is 2.42. The summed E-state index contributed by atoms with van der Waals surface area (Å²) >= 11 is 0.